The van der Waals surface area contributed by atoms with Crippen molar-refractivity contribution >= 4 is 16.0 Å². The van der Waals surface area contributed by atoms with Crippen LogP contribution in [0.5, 0.6) is 0 Å². The Hall–Kier alpha value is -1.95. The first kappa shape index (κ1) is 15.4. The van der Waals surface area contributed by atoms with Gasteiger partial charge in [-0.3, -0.25) is 4.79 Å². The van der Waals surface area contributed by atoms with Gasteiger partial charge in [-0.2, -0.15) is 5.26 Å². The summed E-state index contributed by atoms with van der Waals surface area (Å²) in [6, 6.07) is 6.50. The number of carboxylic acids is 1. The van der Waals surface area contributed by atoms with Crippen LogP contribution in [0.2, 0.25) is 0 Å². The second kappa shape index (κ2) is 5.44. The lowest BCUT2D eigenvalue weighted by Gasteiger charge is -2.25. The number of hydrogen-bond donors (Lipinski definition) is 2. The molecule has 8 heteroatoms. The highest BCUT2D eigenvalue weighted by atomic mass is 32.2. The summed E-state index contributed by atoms with van der Waals surface area (Å²) in [5.41, 5.74) is -1.11. The SMILES string of the molecule is CC1(C(=O)O)COCC1NS(=O)(=O)c1cccc(C#N)c1. The van der Waals surface area contributed by atoms with E-state index in [1.54, 1.807) is 0 Å². The minimum Gasteiger partial charge on any atom is -0.481 e. The molecule has 1 saturated heterocycles. The van der Waals surface area contributed by atoms with Crippen molar-refractivity contribution in [2.75, 3.05) is 13.2 Å². The normalized spacial score (nSPS) is 25.4. The molecule has 0 radical (unpaired) electrons. The molecular formula is C13H14N2O5S. The predicted octanol–water partition coefficient (Wildman–Crippen LogP) is 0.326. The van der Waals surface area contributed by atoms with Crippen LogP contribution in [0.4, 0.5) is 0 Å². The van der Waals surface area contributed by atoms with Crippen LogP contribution in [0.3, 0.4) is 0 Å². The van der Waals surface area contributed by atoms with Crippen molar-refractivity contribution in [1.29, 1.82) is 5.26 Å². The smallest absolute Gasteiger partial charge is 0.313 e. The van der Waals surface area contributed by atoms with Crippen molar-refractivity contribution in [3.8, 4) is 6.07 Å². The Kier molecular flexibility index (Phi) is 4.00. The second-order valence-electron chi connectivity index (χ2n) is 5.05. The number of nitriles is 1. The van der Waals surface area contributed by atoms with Gasteiger partial charge in [0.2, 0.25) is 10.0 Å². The first-order valence-corrected chi connectivity index (χ1v) is 7.61. The third-order valence-electron chi connectivity index (χ3n) is 3.51. The van der Waals surface area contributed by atoms with Gasteiger partial charge in [0.15, 0.2) is 0 Å². The zero-order valence-electron chi connectivity index (χ0n) is 11.2. The van der Waals surface area contributed by atoms with E-state index in [9.17, 15) is 18.3 Å². The highest BCUT2D eigenvalue weighted by molar-refractivity contribution is 7.89. The molecule has 0 amide bonds. The van der Waals surface area contributed by atoms with E-state index >= 15 is 0 Å². The molecule has 1 heterocycles. The Balaban J connectivity index is 2.29. The number of ether oxygens (including phenoxy) is 1. The van der Waals surface area contributed by atoms with Crippen LogP contribution in [0.15, 0.2) is 29.2 Å². The molecule has 0 aliphatic carbocycles. The lowest BCUT2D eigenvalue weighted by atomic mass is 9.86. The van der Waals surface area contributed by atoms with Crippen LogP contribution in [-0.4, -0.2) is 38.7 Å². The minimum atomic E-state index is -3.93. The van der Waals surface area contributed by atoms with Crippen molar-refractivity contribution < 1.29 is 23.1 Å². The summed E-state index contributed by atoms with van der Waals surface area (Å²) in [5, 5.41) is 18.0. The fraction of sp³-hybridized carbons (Fsp3) is 0.385. The predicted molar refractivity (Wildman–Crippen MR) is 71.8 cm³/mol. The van der Waals surface area contributed by atoms with Crippen molar-refractivity contribution in [2.24, 2.45) is 5.41 Å². The zero-order valence-corrected chi connectivity index (χ0v) is 12.1. The van der Waals surface area contributed by atoms with Crippen LogP contribution < -0.4 is 4.72 Å². The Morgan fingerprint density at radius 1 is 1.57 bits per heavy atom. The Bertz CT molecular complexity index is 710. The van der Waals surface area contributed by atoms with Gasteiger partial charge in [-0.15, -0.1) is 0 Å². The lowest BCUT2D eigenvalue weighted by Crippen LogP contribution is -2.49. The molecule has 0 spiro atoms. The van der Waals surface area contributed by atoms with E-state index in [0.717, 1.165) is 0 Å². The number of carboxylic acid groups (broad SMARTS) is 1. The average molecular weight is 310 g/mol. The number of carbonyl (C=O) groups is 1. The molecule has 2 unspecified atom stereocenters. The van der Waals surface area contributed by atoms with Gasteiger partial charge in [0, 0.05) is 0 Å². The molecular weight excluding hydrogens is 296 g/mol. The Labute approximate surface area is 122 Å². The van der Waals surface area contributed by atoms with Crippen LogP contribution >= 0.6 is 0 Å². The van der Waals surface area contributed by atoms with E-state index in [0.29, 0.717) is 0 Å². The summed E-state index contributed by atoms with van der Waals surface area (Å²) in [4.78, 5) is 11.2. The van der Waals surface area contributed by atoms with E-state index in [-0.39, 0.29) is 23.7 Å². The topological polar surface area (TPSA) is 116 Å². The fourth-order valence-corrected chi connectivity index (χ4v) is 3.41. The monoisotopic (exact) mass is 310 g/mol. The van der Waals surface area contributed by atoms with Crippen molar-refractivity contribution in [1.82, 2.24) is 4.72 Å². The fourth-order valence-electron chi connectivity index (χ4n) is 2.04. The minimum absolute atomic E-state index is 0.0139. The van der Waals surface area contributed by atoms with Crippen molar-refractivity contribution in [3.63, 3.8) is 0 Å². The molecule has 1 aromatic carbocycles. The molecule has 0 aromatic heterocycles. The third kappa shape index (κ3) is 2.90. The van der Waals surface area contributed by atoms with Gasteiger partial charge in [0.05, 0.1) is 35.8 Å². The van der Waals surface area contributed by atoms with Gasteiger partial charge >= 0.3 is 5.97 Å². The van der Waals surface area contributed by atoms with Crippen LogP contribution in [0, 0.1) is 16.7 Å². The van der Waals surface area contributed by atoms with Crippen LogP contribution in [-0.2, 0) is 19.6 Å². The maximum Gasteiger partial charge on any atom is 0.313 e. The number of benzene rings is 1. The first-order chi connectivity index (χ1) is 9.79. The molecule has 1 aliphatic heterocycles. The average Bonchev–Trinajstić information content (AvgIpc) is 2.81. The summed E-state index contributed by atoms with van der Waals surface area (Å²) in [6.45, 7) is 1.36. The quantitative estimate of drug-likeness (QED) is 0.827. The first-order valence-electron chi connectivity index (χ1n) is 6.13. The van der Waals surface area contributed by atoms with Gasteiger partial charge in [0.1, 0.15) is 5.41 Å². The van der Waals surface area contributed by atoms with E-state index < -0.39 is 27.4 Å². The number of aliphatic carboxylic acids is 1. The van der Waals surface area contributed by atoms with Gasteiger partial charge < -0.3 is 9.84 Å². The molecule has 0 saturated carbocycles. The van der Waals surface area contributed by atoms with Crippen molar-refractivity contribution in [3.05, 3.63) is 29.8 Å². The largest absolute Gasteiger partial charge is 0.481 e. The highest BCUT2D eigenvalue weighted by Crippen LogP contribution is 2.30. The van der Waals surface area contributed by atoms with Crippen LogP contribution in [0.25, 0.3) is 0 Å². The molecule has 7 nitrogen and oxygen atoms in total. The van der Waals surface area contributed by atoms with E-state index in [1.807, 2.05) is 6.07 Å². The standard InChI is InChI=1S/C13H14N2O5S/c1-13(12(16)17)8-20-7-11(13)15-21(18,19)10-4-2-3-9(5-10)6-14/h2-5,11,15H,7-8H2,1H3,(H,16,17). The van der Waals surface area contributed by atoms with Gasteiger partial charge in [0.25, 0.3) is 0 Å². The second-order valence-corrected chi connectivity index (χ2v) is 6.77. The zero-order chi connectivity index (χ0) is 15.7. The van der Waals surface area contributed by atoms with E-state index in [1.165, 1.54) is 31.2 Å². The number of hydrogen-bond acceptors (Lipinski definition) is 5. The van der Waals surface area contributed by atoms with Crippen molar-refractivity contribution in [2.45, 2.75) is 17.9 Å². The molecule has 1 aromatic rings. The van der Waals surface area contributed by atoms with E-state index in [4.69, 9.17) is 10.00 Å². The number of rotatable bonds is 4. The number of nitrogens with zero attached hydrogens (tertiary/aromatic N) is 1. The Morgan fingerprint density at radius 3 is 2.90 bits per heavy atom. The maximum atomic E-state index is 12.3. The summed E-state index contributed by atoms with van der Waals surface area (Å²) in [7, 11) is -3.93. The molecule has 2 N–H and O–H groups in total. The summed E-state index contributed by atoms with van der Waals surface area (Å²) < 4.78 is 32.0. The number of nitrogens with one attached hydrogen (secondary N) is 1. The van der Waals surface area contributed by atoms with E-state index in [2.05, 4.69) is 4.72 Å². The lowest BCUT2D eigenvalue weighted by molar-refractivity contribution is -0.148. The molecule has 1 aliphatic rings. The van der Waals surface area contributed by atoms with Crippen LogP contribution in [0.1, 0.15) is 12.5 Å². The molecule has 2 rings (SSSR count). The molecule has 21 heavy (non-hydrogen) atoms. The molecule has 0 bridgehead atoms. The number of sulfonamides is 1. The third-order valence-corrected chi connectivity index (χ3v) is 4.98. The maximum absolute atomic E-state index is 12.3. The van der Waals surface area contributed by atoms with Gasteiger partial charge in [-0.05, 0) is 25.1 Å². The highest BCUT2D eigenvalue weighted by Gasteiger charge is 2.48. The Morgan fingerprint density at radius 2 is 2.29 bits per heavy atom. The van der Waals surface area contributed by atoms with Gasteiger partial charge in [-0.25, -0.2) is 13.1 Å². The molecule has 2 atom stereocenters. The van der Waals surface area contributed by atoms with Gasteiger partial charge in [-0.1, -0.05) is 6.07 Å². The summed E-state index contributed by atoms with van der Waals surface area (Å²) in [6.07, 6.45) is 0. The summed E-state index contributed by atoms with van der Waals surface area (Å²) in [5.74, 6) is -1.13. The molecule has 1 fully saturated rings. The summed E-state index contributed by atoms with van der Waals surface area (Å²) >= 11 is 0. The molecule has 112 valence electrons.